The van der Waals surface area contributed by atoms with Crippen molar-refractivity contribution in [3.8, 4) is 12.3 Å². The van der Waals surface area contributed by atoms with Crippen molar-refractivity contribution >= 4 is 28.3 Å². The van der Waals surface area contributed by atoms with Crippen LogP contribution in [-0.4, -0.2) is 27.9 Å². The van der Waals surface area contributed by atoms with E-state index < -0.39 is 11.3 Å². The van der Waals surface area contributed by atoms with Crippen LogP contribution in [0.1, 0.15) is 40.0 Å². The van der Waals surface area contributed by atoms with Gasteiger partial charge in [0.15, 0.2) is 5.78 Å². The van der Waals surface area contributed by atoms with Crippen LogP contribution in [0, 0.1) is 17.8 Å². The van der Waals surface area contributed by atoms with Gasteiger partial charge in [0.25, 0.3) is 0 Å². The summed E-state index contributed by atoms with van der Waals surface area (Å²) in [5.41, 5.74) is 0.215. The highest BCUT2D eigenvalue weighted by atomic mass is 35.5. The van der Waals surface area contributed by atoms with Gasteiger partial charge in [-0.05, 0) is 23.9 Å². The third-order valence-electron chi connectivity index (χ3n) is 3.14. The summed E-state index contributed by atoms with van der Waals surface area (Å²) in [7, 11) is 0. The summed E-state index contributed by atoms with van der Waals surface area (Å²) >= 11 is 5.42. The second-order valence-corrected chi connectivity index (χ2v) is 6.08. The van der Waals surface area contributed by atoms with Crippen LogP contribution in [0.4, 0.5) is 0 Å². The third kappa shape index (κ3) is 3.94. The van der Waals surface area contributed by atoms with Gasteiger partial charge in [0.05, 0.1) is 5.57 Å². The average molecular weight is 296 g/mol. The minimum absolute atomic E-state index is 0.00831. The normalized spacial score (nSPS) is 20.6. The number of aliphatic hydroxyl groups excluding tert-OH is 1. The molecule has 1 N–H and O–H groups in total. The molecule has 0 spiro atoms. The van der Waals surface area contributed by atoms with Gasteiger partial charge >= 0.3 is 0 Å². The zero-order valence-corrected chi connectivity index (χ0v) is 12.6. The van der Waals surface area contributed by atoms with E-state index >= 15 is 0 Å². The van der Waals surface area contributed by atoms with E-state index in [9.17, 15) is 14.7 Å². The quantitative estimate of drug-likeness (QED) is 0.493. The van der Waals surface area contributed by atoms with Gasteiger partial charge in [-0.15, -0.1) is 12.3 Å². The summed E-state index contributed by atoms with van der Waals surface area (Å²) in [5.74, 6) is 2.15. The lowest BCUT2D eigenvalue weighted by molar-refractivity contribution is -0.118. The number of carbonyl (C=O) groups is 2. The molecule has 4 nitrogen and oxygen atoms in total. The number of aliphatic imine (C=N–C) groups is 1. The topological polar surface area (TPSA) is 66.7 Å². The molecule has 0 saturated heterocycles. The largest absolute Gasteiger partial charge is 0.511 e. The number of allylic oxidation sites excluding steroid dienone is 2. The molecule has 0 saturated carbocycles. The summed E-state index contributed by atoms with van der Waals surface area (Å²) in [6, 6.07) is -0.885. The smallest absolute Gasteiger partial charge is 0.247 e. The molecule has 0 aromatic rings. The number of aliphatic hydroxyl groups is 1. The Balaban J connectivity index is 3.13. The first-order valence-corrected chi connectivity index (χ1v) is 6.68. The van der Waals surface area contributed by atoms with Gasteiger partial charge in [0.2, 0.25) is 5.24 Å². The lowest BCUT2D eigenvalue weighted by atomic mass is 9.76. The first-order valence-electron chi connectivity index (χ1n) is 6.31. The number of terminal acetylenes is 1. The van der Waals surface area contributed by atoms with E-state index in [-0.39, 0.29) is 29.0 Å². The fourth-order valence-corrected chi connectivity index (χ4v) is 2.41. The summed E-state index contributed by atoms with van der Waals surface area (Å²) in [5, 5.41) is 9.37. The summed E-state index contributed by atoms with van der Waals surface area (Å²) in [6.07, 6.45) is 5.94. The predicted octanol–water partition coefficient (Wildman–Crippen LogP) is 2.81. The van der Waals surface area contributed by atoms with Crippen LogP contribution in [0.2, 0.25) is 0 Å². The van der Waals surface area contributed by atoms with Crippen LogP contribution in [0.3, 0.4) is 0 Å². The number of carbonyl (C=O) groups excluding carboxylic acids is 2. The summed E-state index contributed by atoms with van der Waals surface area (Å²) in [4.78, 5) is 27.4. The molecule has 0 unspecified atom stereocenters. The average Bonchev–Trinajstić information content (AvgIpc) is 2.25. The Hall–Kier alpha value is -1.60. The zero-order valence-electron chi connectivity index (χ0n) is 11.9. The molecule has 0 heterocycles. The van der Waals surface area contributed by atoms with E-state index in [0.717, 1.165) is 0 Å². The summed E-state index contributed by atoms with van der Waals surface area (Å²) in [6.45, 7) is 5.40. The van der Waals surface area contributed by atoms with Gasteiger partial charge in [0, 0.05) is 25.0 Å². The van der Waals surface area contributed by atoms with Crippen molar-refractivity contribution in [3.63, 3.8) is 0 Å². The molecule has 0 aromatic carbocycles. The molecule has 1 atom stereocenters. The Morgan fingerprint density at radius 2 is 2.15 bits per heavy atom. The van der Waals surface area contributed by atoms with Gasteiger partial charge in [-0.3, -0.25) is 14.6 Å². The number of hydrogen-bond donors (Lipinski definition) is 1. The molecule has 5 heteroatoms. The molecule has 20 heavy (non-hydrogen) atoms. The second-order valence-electron chi connectivity index (χ2n) is 5.71. The van der Waals surface area contributed by atoms with Gasteiger partial charge in [-0.2, -0.15) is 0 Å². The van der Waals surface area contributed by atoms with E-state index in [1.165, 1.54) is 0 Å². The SMILES string of the molecule is C#CC[C@H](N=C(C)C1=C(O)CC(C)(C)CC1=O)C(=O)Cl. The molecule has 0 bridgehead atoms. The van der Waals surface area contributed by atoms with Crippen molar-refractivity contribution in [2.45, 2.75) is 46.1 Å². The number of rotatable bonds is 4. The van der Waals surface area contributed by atoms with Crippen LogP contribution in [0.25, 0.3) is 0 Å². The van der Waals surface area contributed by atoms with Gasteiger partial charge in [-0.1, -0.05) is 13.8 Å². The van der Waals surface area contributed by atoms with Crippen molar-refractivity contribution in [2.24, 2.45) is 10.4 Å². The Bertz CT molecular complexity index is 538. The molecule has 0 aromatic heterocycles. The van der Waals surface area contributed by atoms with E-state index in [0.29, 0.717) is 18.6 Å². The molecular formula is C15H18ClNO3. The first kappa shape index (κ1) is 16.5. The molecule has 0 aliphatic heterocycles. The fraction of sp³-hybridized carbons (Fsp3) is 0.533. The lowest BCUT2D eigenvalue weighted by Crippen LogP contribution is -2.29. The lowest BCUT2D eigenvalue weighted by Gasteiger charge is -2.29. The van der Waals surface area contributed by atoms with Crippen LogP contribution in [0.5, 0.6) is 0 Å². The van der Waals surface area contributed by atoms with Crippen LogP contribution >= 0.6 is 11.6 Å². The standard InChI is InChI=1S/C15H18ClNO3/c1-5-6-10(14(16)20)17-9(2)13-11(18)7-15(3,4)8-12(13)19/h1,10,18H,6-8H2,2-4H3/t10-/m0/s1. The van der Waals surface area contributed by atoms with Crippen molar-refractivity contribution in [1.29, 1.82) is 0 Å². The Morgan fingerprint density at radius 1 is 1.55 bits per heavy atom. The minimum Gasteiger partial charge on any atom is -0.511 e. The summed E-state index contributed by atoms with van der Waals surface area (Å²) < 4.78 is 0. The Morgan fingerprint density at radius 3 is 2.60 bits per heavy atom. The molecule has 1 aliphatic rings. The number of nitrogens with zero attached hydrogens (tertiary/aromatic N) is 1. The van der Waals surface area contributed by atoms with Crippen LogP contribution in [-0.2, 0) is 9.59 Å². The van der Waals surface area contributed by atoms with E-state index in [4.69, 9.17) is 18.0 Å². The van der Waals surface area contributed by atoms with Crippen LogP contribution in [0.15, 0.2) is 16.3 Å². The molecule has 0 amide bonds. The van der Waals surface area contributed by atoms with E-state index in [2.05, 4.69) is 10.9 Å². The predicted molar refractivity (Wildman–Crippen MR) is 78.9 cm³/mol. The maximum Gasteiger partial charge on any atom is 0.247 e. The number of ketones is 1. The Labute approximate surface area is 123 Å². The van der Waals surface area contributed by atoms with Crippen molar-refractivity contribution < 1.29 is 14.7 Å². The third-order valence-corrected chi connectivity index (χ3v) is 3.39. The molecule has 1 rings (SSSR count). The highest BCUT2D eigenvalue weighted by Crippen LogP contribution is 2.36. The number of halogens is 1. The van der Waals surface area contributed by atoms with E-state index in [1.807, 2.05) is 13.8 Å². The zero-order chi connectivity index (χ0) is 15.5. The van der Waals surface area contributed by atoms with E-state index in [1.54, 1.807) is 6.92 Å². The molecule has 0 fully saturated rings. The Kier molecular flexibility index (Phi) is 5.13. The van der Waals surface area contributed by atoms with Gasteiger partial charge in [-0.25, -0.2) is 0 Å². The maximum absolute atomic E-state index is 12.1. The molecule has 1 aliphatic carbocycles. The van der Waals surface area contributed by atoms with Gasteiger partial charge < -0.3 is 5.11 Å². The van der Waals surface area contributed by atoms with Crippen molar-refractivity contribution in [1.82, 2.24) is 0 Å². The molecule has 0 radical (unpaired) electrons. The maximum atomic E-state index is 12.1. The monoisotopic (exact) mass is 295 g/mol. The molecular weight excluding hydrogens is 278 g/mol. The van der Waals surface area contributed by atoms with Gasteiger partial charge in [0.1, 0.15) is 11.8 Å². The van der Waals surface area contributed by atoms with Crippen molar-refractivity contribution in [3.05, 3.63) is 11.3 Å². The highest BCUT2D eigenvalue weighted by molar-refractivity contribution is 6.64. The van der Waals surface area contributed by atoms with Crippen molar-refractivity contribution in [2.75, 3.05) is 0 Å². The number of Topliss-reactive ketones (excluding diaryl/α,β-unsaturated/α-hetero) is 1. The highest BCUT2D eigenvalue weighted by Gasteiger charge is 2.34. The van der Waals surface area contributed by atoms with Crippen LogP contribution < -0.4 is 0 Å². The number of hydrogen-bond acceptors (Lipinski definition) is 4. The minimum atomic E-state index is -0.885. The fourth-order valence-electron chi connectivity index (χ4n) is 2.29. The second kappa shape index (κ2) is 6.23. The molecule has 108 valence electrons. The first-order chi connectivity index (χ1) is 9.18.